The zero-order chi connectivity index (χ0) is 17.6. The van der Waals surface area contributed by atoms with Crippen LogP contribution >= 0.6 is 19.2 Å². The lowest BCUT2D eigenvalue weighted by atomic mass is 10.2. The Kier molecular flexibility index (Phi) is 6.34. The monoisotopic (exact) mass is 369 g/mol. The minimum Gasteiger partial charge on any atom is -0.366 e. The van der Waals surface area contributed by atoms with Crippen LogP contribution in [-0.2, 0) is 17.7 Å². The topological polar surface area (TPSA) is 104 Å². The lowest BCUT2D eigenvalue weighted by molar-refractivity contribution is 0.377. The number of anilines is 1. The summed E-state index contributed by atoms with van der Waals surface area (Å²) in [6, 6.07) is 9.01. The Labute approximate surface area is 143 Å². The number of benzene rings is 1. The molecule has 0 radical (unpaired) electrons. The van der Waals surface area contributed by atoms with E-state index in [0.717, 1.165) is 5.56 Å². The molecule has 0 aliphatic heterocycles. The number of rotatable bonds is 7. The van der Waals surface area contributed by atoms with Gasteiger partial charge in [0.05, 0.1) is 6.16 Å². The fourth-order valence-electron chi connectivity index (χ4n) is 1.91. The van der Waals surface area contributed by atoms with E-state index in [0.29, 0.717) is 17.4 Å². The summed E-state index contributed by atoms with van der Waals surface area (Å²) in [5.74, 6) is 0.440. The summed E-state index contributed by atoms with van der Waals surface area (Å²) in [6.07, 6.45) is 4.08. The SMILES string of the molecule is O=c1nc(NCc2cccc(Cl)c2)ccn1C/C=C/CP(=O)(O)O. The molecule has 1 heterocycles. The van der Waals surface area contributed by atoms with Crippen molar-refractivity contribution in [1.82, 2.24) is 9.55 Å². The summed E-state index contributed by atoms with van der Waals surface area (Å²) in [5, 5.41) is 3.68. The molecule has 128 valence electrons. The first-order chi connectivity index (χ1) is 11.3. The standard InChI is InChI=1S/C15H17ClN3O4P/c16-13-5-3-4-12(10-13)11-17-14-6-8-19(15(20)18-14)7-1-2-9-24(21,22)23/h1-6,8,10H,7,9,11H2,(H,17,18,20)(H2,21,22,23)/b2-1+. The molecule has 7 nitrogen and oxygen atoms in total. The van der Waals surface area contributed by atoms with Crippen LogP contribution in [0.25, 0.3) is 0 Å². The van der Waals surface area contributed by atoms with Crippen molar-refractivity contribution in [3.05, 3.63) is 69.8 Å². The molecule has 0 aliphatic carbocycles. The molecule has 24 heavy (non-hydrogen) atoms. The van der Waals surface area contributed by atoms with E-state index in [1.807, 2.05) is 18.2 Å². The predicted molar refractivity (Wildman–Crippen MR) is 93.3 cm³/mol. The lowest BCUT2D eigenvalue weighted by Gasteiger charge is -2.07. The molecule has 0 bridgehead atoms. The molecular formula is C15H17ClN3O4P. The quantitative estimate of drug-likeness (QED) is 0.510. The van der Waals surface area contributed by atoms with Crippen molar-refractivity contribution in [3.63, 3.8) is 0 Å². The summed E-state index contributed by atoms with van der Waals surface area (Å²) in [4.78, 5) is 33.3. The smallest absolute Gasteiger partial charge is 0.349 e. The van der Waals surface area contributed by atoms with Crippen LogP contribution in [0.15, 0.2) is 53.5 Å². The number of halogens is 1. The average Bonchev–Trinajstić information content (AvgIpc) is 2.50. The van der Waals surface area contributed by atoms with E-state index in [1.165, 1.54) is 16.7 Å². The molecule has 0 spiro atoms. The maximum absolute atomic E-state index is 11.9. The Hall–Kier alpha value is -1.92. The van der Waals surface area contributed by atoms with Crippen molar-refractivity contribution in [2.75, 3.05) is 11.5 Å². The van der Waals surface area contributed by atoms with E-state index >= 15 is 0 Å². The van der Waals surface area contributed by atoms with Gasteiger partial charge in [-0.05, 0) is 23.8 Å². The zero-order valence-corrected chi connectivity index (χ0v) is 14.3. The Balaban J connectivity index is 1.94. The molecule has 2 rings (SSSR count). The van der Waals surface area contributed by atoms with Crippen LogP contribution in [-0.4, -0.2) is 25.5 Å². The van der Waals surface area contributed by atoms with Gasteiger partial charge < -0.3 is 15.1 Å². The zero-order valence-electron chi connectivity index (χ0n) is 12.7. The maximum atomic E-state index is 11.9. The van der Waals surface area contributed by atoms with Crippen molar-refractivity contribution in [2.24, 2.45) is 0 Å². The first-order valence-electron chi connectivity index (χ1n) is 7.09. The summed E-state index contributed by atoms with van der Waals surface area (Å²) >= 11 is 5.91. The molecular weight excluding hydrogens is 353 g/mol. The van der Waals surface area contributed by atoms with E-state index in [4.69, 9.17) is 21.4 Å². The molecule has 0 saturated heterocycles. The van der Waals surface area contributed by atoms with Gasteiger partial charge in [-0.25, -0.2) is 4.79 Å². The van der Waals surface area contributed by atoms with Gasteiger partial charge >= 0.3 is 13.3 Å². The second kappa shape index (κ2) is 8.26. The fraction of sp³-hybridized carbons (Fsp3) is 0.200. The fourth-order valence-corrected chi connectivity index (χ4v) is 2.54. The van der Waals surface area contributed by atoms with Crippen LogP contribution in [0, 0.1) is 0 Å². The van der Waals surface area contributed by atoms with Gasteiger partial charge in [0.2, 0.25) is 0 Å². The third kappa shape index (κ3) is 6.29. The Morgan fingerprint density at radius 1 is 1.29 bits per heavy atom. The van der Waals surface area contributed by atoms with Gasteiger partial charge in [0.15, 0.2) is 0 Å². The van der Waals surface area contributed by atoms with Gasteiger partial charge in [0, 0.05) is 24.3 Å². The summed E-state index contributed by atoms with van der Waals surface area (Å²) in [6.45, 7) is 0.680. The largest absolute Gasteiger partial charge is 0.366 e. The average molecular weight is 370 g/mol. The van der Waals surface area contributed by atoms with Crippen LogP contribution in [0.4, 0.5) is 5.82 Å². The lowest BCUT2D eigenvalue weighted by Crippen LogP contribution is -2.22. The number of nitrogens with zero attached hydrogens (tertiary/aromatic N) is 2. The number of allylic oxidation sites excluding steroid dienone is 2. The minimum absolute atomic E-state index is 0.195. The molecule has 0 atom stereocenters. The molecule has 0 fully saturated rings. The molecule has 1 aromatic heterocycles. The second-order valence-electron chi connectivity index (χ2n) is 5.05. The van der Waals surface area contributed by atoms with Gasteiger partial charge in [-0.15, -0.1) is 0 Å². The van der Waals surface area contributed by atoms with Crippen LogP contribution in [0.3, 0.4) is 0 Å². The van der Waals surface area contributed by atoms with E-state index in [1.54, 1.807) is 18.3 Å². The van der Waals surface area contributed by atoms with Gasteiger partial charge in [-0.1, -0.05) is 35.9 Å². The number of aromatic nitrogens is 2. The van der Waals surface area contributed by atoms with E-state index < -0.39 is 13.3 Å². The molecule has 3 N–H and O–H groups in total. The van der Waals surface area contributed by atoms with Crippen molar-refractivity contribution < 1.29 is 14.4 Å². The van der Waals surface area contributed by atoms with E-state index in [-0.39, 0.29) is 12.7 Å². The second-order valence-corrected chi connectivity index (χ2v) is 7.18. The van der Waals surface area contributed by atoms with E-state index in [9.17, 15) is 9.36 Å². The van der Waals surface area contributed by atoms with Crippen molar-refractivity contribution in [1.29, 1.82) is 0 Å². The first kappa shape index (κ1) is 18.4. The number of hydrogen-bond donors (Lipinski definition) is 3. The first-order valence-corrected chi connectivity index (χ1v) is 9.26. The minimum atomic E-state index is -4.06. The highest BCUT2D eigenvalue weighted by molar-refractivity contribution is 7.51. The normalized spacial score (nSPS) is 11.8. The van der Waals surface area contributed by atoms with Gasteiger partial charge in [0.1, 0.15) is 5.82 Å². The third-order valence-corrected chi connectivity index (χ3v) is 3.97. The molecule has 9 heteroatoms. The van der Waals surface area contributed by atoms with Crippen LogP contribution in [0.2, 0.25) is 5.02 Å². The highest BCUT2D eigenvalue weighted by Gasteiger charge is 2.08. The summed E-state index contributed by atoms with van der Waals surface area (Å²) < 4.78 is 12.0. The van der Waals surface area contributed by atoms with Crippen molar-refractivity contribution in [3.8, 4) is 0 Å². The Morgan fingerprint density at radius 2 is 2.08 bits per heavy atom. The van der Waals surface area contributed by atoms with E-state index in [2.05, 4.69) is 10.3 Å². The maximum Gasteiger partial charge on any atom is 0.349 e. The van der Waals surface area contributed by atoms with Gasteiger partial charge in [-0.3, -0.25) is 9.13 Å². The van der Waals surface area contributed by atoms with Crippen LogP contribution in [0.5, 0.6) is 0 Å². The summed E-state index contributed by atoms with van der Waals surface area (Å²) in [7, 11) is -4.06. The molecule has 0 amide bonds. The van der Waals surface area contributed by atoms with Gasteiger partial charge in [-0.2, -0.15) is 4.98 Å². The molecule has 0 unspecified atom stereocenters. The van der Waals surface area contributed by atoms with Crippen LogP contribution in [0.1, 0.15) is 5.56 Å². The molecule has 2 aromatic rings. The Morgan fingerprint density at radius 3 is 2.75 bits per heavy atom. The highest BCUT2D eigenvalue weighted by atomic mass is 35.5. The third-order valence-electron chi connectivity index (χ3n) is 3.05. The predicted octanol–water partition coefficient (Wildman–Crippen LogP) is 2.24. The summed E-state index contributed by atoms with van der Waals surface area (Å²) in [5.41, 5.74) is 0.515. The number of hydrogen-bond acceptors (Lipinski definition) is 4. The van der Waals surface area contributed by atoms with Crippen LogP contribution < -0.4 is 11.0 Å². The molecule has 0 saturated carbocycles. The molecule has 0 aliphatic rings. The number of nitrogens with one attached hydrogen (secondary N) is 1. The van der Waals surface area contributed by atoms with Gasteiger partial charge in [0.25, 0.3) is 0 Å². The van der Waals surface area contributed by atoms with Crippen molar-refractivity contribution >= 4 is 25.0 Å². The van der Waals surface area contributed by atoms with Crippen molar-refractivity contribution in [2.45, 2.75) is 13.1 Å². The molecule has 1 aromatic carbocycles. The highest BCUT2D eigenvalue weighted by Crippen LogP contribution is 2.33. The Bertz CT molecular complexity index is 831.